The van der Waals surface area contributed by atoms with Crippen LogP contribution in [0.15, 0.2) is 27.7 Å². The minimum atomic E-state index is 0.532. The fraction of sp³-hybridized carbons (Fsp3) is 0.300. The molecule has 1 aromatic carbocycles. The zero-order valence-electron chi connectivity index (χ0n) is 8.93. The van der Waals surface area contributed by atoms with Crippen molar-refractivity contribution in [2.45, 2.75) is 13.3 Å². The summed E-state index contributed by atoms with van der Waals surface area (Å²) in [6, 6.07) is 5.45. The molecule has 0 radical (unpaired) electrons. The van der Waals surface area contributed by atoms with Crippen LogP contribution in [0.25, 0.3) is 0 Å². The van der Waals surface area contributed by atoms with Crippen LogP contribution in [0.4, 0.5) is 5.69 Å². The van der Waals surface area contributed by atoms with Crippen LogP contribution >= 0.6 is 27.5 Å². The lowest BCUT2D eigenvalue weighted by Gasteiger charge is -2.10. The van der Waals surface area contributed by atoms with Crippen molar-refractivity contribution in [3.63, 3.8) is 0 Å². The van der Waals surface area contributed by atoms with E-state index in [1.807, 2.05) is 6.07 Å². The zero-order valence-corrected chi connectivity index (χ0v) is 11.3. The van der Waals surface area contributed by atoms with E-state index in [9.17, 15) is 0 Å². The molecule has 0 spiro atoms. The van der Waals surface area contributed by atoms with Gasteiger partial charge >= 0.3 is 0 Å². The Kier molecular flexibility index (Phi) is 5.59. The number of hydrogen-bond acceptors (Lipinski definition) is 2. The van der Waals surface area contributed by atoms with Gasteiger partial charge in [0.2, 0.25) is 5.96 Å². The van der Waals surface area contributed by atoms with Crippen LogP contribution in [-0.4, -0.2) is 12.5 Å². The standard InChI is InChI=1S/C10H14BrClN4/c1-2-5-14-10(16-13)15-9-4-3-7(12)6-8(9)11/h3-4,6H,2,5,13H2,1H3,(H2,14,15,16). The van der Waals surface area contributed by atoms with Crippen molar-refractivity contribution in [3.05, 3.63) is 27.7 Å². The number of hydrazine groups is 1. The highest BCUT2D eigenvalue weighted by Crippen LogP contribution is 2.25. The molecule has 0 atom stereocenters. The van der Waals surface area contributed by atoms with E-state index in [1.54, 1.807) is 12.1 Å². The Morgan fingerprint density at radius 1 is 1.56 bits per heavy atom. The normalized spacial score (nSPS) is 11.4. The van der Waals surface area contributed by atoms with Crippen LogP contribution in [0.2, 0.25) is 5.02 Å². The van der Waals surface area contributed by atoms with Gasteiger partial charge in [0.25, 0.3) is 0 Å². The van der Waals surface area contributed by atoms with Crippen molar-refractivity contribution < 1.29 is 0 Å². The molecule has 1 rings (SSSR count). The molecule has 6 heteroatoms. The zero-order chi connectivity index (χ0) is 12.0. The Bertz CT molecular complexity index is 381. The van der Waals surface area contributed by atoms with Crippen molar-refractivity contribution in [3.8, 4) is 0 Å². The molecule has 0 fully saturated rings. The fourth-order valence-electron chi connectivity index (χ4n) is 1.06. The molecule has 4 N–H and O–H groups in total. The first kappa shape index (κ1) is 13.3. The van der Waals surface area contributed by atoms with Gasteiger partial charge in [-0.2, -0.15) is 0 Å². The van der Waals surface area contributed by atoms with Crippen LogP contribution in [0, 0.1) is 0 Å². The summed E-state index contributed by atoms with van der Waals surface area (Å²) < 4.78 is 0.861. The van der Waals surface area contributed by atoms with Gasteiger partial charge in [-0.1, -0.05) is 18.5 Å². The first-order valence-corrected chi connectivity index (χ1v) is 6.07. The van der Waals surface area contributed by atoms with Gasteiger partial charge in [0.05, 0.1) is 5.69 Å². The third-order valence-corrected chi connectivity index (χ3v) is 2.71. The van der Waals surface area contributed by atoms with Gasteiger partial charge in [-0.25, -0.2) is 5.84 Å². The number of anilines is 1. The van der Waals surface area contributed by atoms with E-state index in [1.165, 1.54) is 0 Å². The second-order valence-electron chi connectivity index (χ2n) is 3.12. The molecule has 0 saturated heterocycles. The van der Waals surface area contributed by atoms with Crippen molar-refractivity contribution in [2.75, 3.05) is 11.9 Å². The Morgan fingerprint density at radius 3 is 2.88 bits per heavy atom. The number of rotatable bonds is 3. The highest BCUT2D eigenvalue weighted by atomic mass is 79.9. The maximum Gasteiger partial charge on any atom is 0.210 e. The van der Waals surface area contributed by atoms with E-state index >= 15 is 0 Å². The lowest BCUT2D eigenvalue weighted by atomic mass is 10.3. The molecule has 16 heavy (non-hydrogen) atoms. The number of nitrogens with two attached hydrogens (primary N) is 1. The Hall–Kier alpha value is -0.780. The molecular weight excluding hydrogens is 291 g/mol. The smallest absolute Gasteiger partial charge is 0.210 e. The molecule has 0 bridgehead atoms. The predicted molar refractivity (Wildman–Crippen MR) is 72.7 cm³/mol. The van der Waals surface area contributed by atoms with E-state index in [4.69, 9.17) is 17.4 Å². The van der Waals surface area contributed by atoms with Gasteiger partial charge < -0.3 is 5.32 Å². The summed E-state index contributed by atoms with van der Waals surface area (Å²) in [7, 11) is 0. The lowest BCUT2D eigenvalue weighted by Crippen LogP contribution is -2.36. The number of nitrogens with one attached hydrogen (secondary N) is 2. The van der Waals surface area contributed by atoms with E-state index in [2.05, 4.69) is 38.6 Å². The number of guanidine groups is 1. The van der Waals surface area contributed by atoms with Crippen LogP contribution in [-0.2, 0) is 0 Å². The van der Waals surface area contributed by atoms with Crippen LogP contribution < -0.4 is 16.6 Å². The fourth-order valence-corrected chi connectivity index (χ4v) is 1.85. The van der Waals surface area contributed by atoms with E-state index in [-0.39, 0.29) is 0 Å². The highest BCUT2D eigenvalue weighted by Gasteiger charge is 2.02. The predicted octanol–water partition coefficient (Wildman–Crippen LogP) is 2.74. The van der Waals surface area contributed by atoms with Crippen LogP contribution in [0.5, 0.6) is 0 Å². The molecule has 0 aromatic heterocycles. The van der Waals surface area contributed by atoms with Gasteiger partial charge in [-0.05, 0) is 40.5 Å². The molecule has 4 nitrogen and oxygen atoms in total. The van der Waals surface area contributed by atoms with Gasteiger partial charge in [0.1, 0.15) is 0 Å². The molecule has 0 aliphatic heterocycles. The first-order chi connectivity index (χ1) is 7.67. The highest BCUT2D eigenvalue weighted by molar-refractivity contribution is 9.10. The molecule has 0 unspecified atom stereocenters. The van der Waals surface area contributed by atoms with E-state index in [0.717, 1.165) is 23.1 Å². The number of halogens is 2. The second-order valence-corrected chi connectivity index (χ2v) is 4.41. The minimum absolute atomic E-state index is 0.532. The number of benzene rings is 1. The topological polar surface area (TPSA) is 62.4 Å². The Balaban J connectivity index is 2.78. The molecule has 1 aromatic rings. The third kappa shape index (κ3) is 4.00. The average molecular weight is 306 g/mol. The molecule has 0 heterocycles. The largest absolute Gasteiger partial charge is 0.324 e. The summed E-state index contributed by atoms with van der Waals surface area (Å²) in [4.78, 5) is 4.24. The summed E-state index contributed by atoms with van der Waals surface area (Å²) in [6.07, 6.45) is 0.967. The summed E-state index contributed by atoms with van der Waals surface area (Å²) in [5.74, 6) is 5.89. The quantitative estimate of drug-likeness (QED) is 0.348. The monoisotopic (exact) mass is 304 g/mol. The van der Waals surface area contributed by atoms with Gasteiger partial charge in [-0.3, -0.25) is 10.4 Å². The first-order valence-electron chi connectivity index (χ1n) is 4.90. The molecule has 88 valence electrons. The molecule has 0 aliphatic rings. The average Bonchev–Trinajstić information content (AvgIpc) is 2.27. The van der Waals surface area contributed by atoms with Gasteiger partial charge in [0, 0.05) is 16.0 Å². The summed E-state index contributed by atoms with van der Waals surface area (Å²) >= 11 is 9.25. The number of nitrogens with zero attached hydrogens (tertiary/aromatic N) is 1. The van der Waals surface area contributed by atoms with Crippen LogP contribution in [0.1, 0.15) is 13.3 Å². The van der Waals surface area contributed by atoms with Gasteiger partial charge in [-0.15, -0.1) is 0 Å². The molecule has 0 aliphatic carbocycles. The van der Waals surface area contributed by atoms with Gasteiger partial charge in [0.15, 0.2) is 0 Å². The maximum atomic E-state index is 5.84. The van der Waals surface area contributed by atoms with Crippen molar-refractivity contribution in [1.29, 1.82) is 0 Å². The second kappa shape index (κ2) is 6.73. The van der Waals surface area contributed by atoms with E-state index in [0.29, 0.717) is 11.0 Å². The molecule has 0 amide bonds. The Labute approximate surface area is 108 Å². The molecule has 0 saturated carbocycles. The van der Waals surface area contributed by atoms with Crippen molar-refractivity contribution >= 4 is 39.2 Å². The van der Waals surface area contributed by atoms with Crippen LogP contribution in [0.3, 0.4) is 0 Å². The summed E-state index contributed by atoms with van der Waals surface area (Å²) in [6.45, 7) is 2.77. The molecular formula is C10H14BrClN4. The minimum Gasteiger partial charge on any atom is -0.324 e. The van der Waals surface area contributed by atoms with Crippen molar-refractivity contribution in [2.24, 2.45) is 10.8 Å². The summed E-state index contributed by atoms with van der Waals surface area (Å²) in [5.41, 5.74) is 3.37. The lowest BCUT2D eigenvalue weighted by molar-refractivity contribution is 0.905. The third-order valence-electron chi connectivity index (χ3n) is 1.81. The summed E-state index contributed by atoms with van der Waals surface area (Å²) in [5, 5.41) is 3.74. The Morgan fingerprint density at radius 2 is 2.31 bits per heavy atom. The van der Waals surface area contributed by atoms with Crippen molar-refractivity contribution in [1.82, 2.24) is 5.43 Å². The maximum absolute atomic E-state index is 5.84. The van der Waals surface area contributed by atoms with E-state index < -0.39 is 0 Å². The number of aliphatic imine (C=N–C) groups is 1. The number of hydrogen-bond donors (Lipinski definition) is 3. The SMILES string of the molecule is CCCN=C(NN)Nc1ccc(Cl)cc1Br.